The van der Waals surface area contributed by atoms with Crippen molar-refractivity contribution >= 4 is 82.5 Å². The molecule has 12 aromatic carbocycles. The van der Waals surface area contributed by atoms with Crippen molar-refractivity contribution in [3.05, 3.63) is 283 Å². The molecule has 0 atom stereocenters. The van der Waals surface area contributed by atoms with Gasteiger partial charge < -0.3 is 13.7 Å². The van der Waals surface area contributed by atoms with Gasteiger partial charge in [-0.3, -0.25) is 0 Å². The zero-order chi connectivity index (χ0) is 47.3. The molecule has 1 aliphatic carbocycles. The van der Waals surface area contributed by atoms with E-state index in [2.05, 4.69) is 266 Å². The van der Waals surface area contributed by atoms with Crippen molar-refractivity contribution in [1.29, 1.82) is 0 Å². The number of hydrogen-bond acceptors (Lipinski definition) is 3. The number of hydrogen-bond donors (Lipinski definition) is 0. The van der Waals surface area contributed by atoms with Crippen LogP contribution in [0.2, 0.25) is 0 Å². The number of fused-ring (bicyclic) bond motifs is 13. The standard InChI is InChI=1S/C69H43NO2/c1-3-18-48(19-4-1)69(49-20-5-2-6-21-49)60-28-12-11-24-58(60)65-61(69)29-15-30-62(65)70(50-38-32-46(33-39-50)52-25-14-31-63-64(52)59-43-37-45-17-8-10-23-54(45)68(59)71-63)51-40-34-47(35-41-51)55-26-13-27-56-57-42-36-44-16-7-9-22-53(44)67(57)72-66(55)56/h1-43H. The van der Waals surface area contributed by atoms with Gasteiger partial charge in [0.25, 0.3) is 0 Å². The van der Waals surface area contributed by atoms with E-state index >= 15 is 0 Å². The fourth-order valence-electron chi connectivity index (χ4n) is 12.2. The van der Waals surface area contributed by atoms with Crippen molar-refractivity contribution < 1.29 is 8.83 Å². The highest BCUT2D eigenvalue weighted by atomic mass is 16.3. The summed E-state index contributed by atoms with van der Waals surface area (Å²) >= 11 is 0. The largest absolute Gasteiger partial charge is 0.455 e. The quantitative estimate of drug-likeness (QED) is 0.160. The highest BCUT2D eigenvalue weighted by Crippen LogP contribution is 2.59. The zero-order valence-electron chi connectivity index (χ0n) is 39.1. The van der Waals surface area contributed by atoms with Crippen molar-refractivity contribution in [3.63, 3.8) is 0 Å². The summed E-state index contributed by atoms with van der Waals surface area (Å²) in [5.74, 6) is 0. The van der Waals surface area contributed by atoms with Gasteiger partial charge in [-0.1, -0.05) is 212 Å². The van der Waals surface area contributed by atoms with E-state index < -0.39 is 5.41 Å². The molecule has 336 valence electrons. The number of benzene rings is 12. The lowest BCUT2D eigenvalue weighted by molar-refractivity contribution is 0.672. The summed E-state index contributed by atoms with van der Waals surface area (Å²) in [7, 11) is 0. The number of para-hydroxylation sites is 1. The van der Waals surface area contributed by atoms with Crippen molar-refractivity contribution in [2.75, 3.05) is 4.90 Å². The molecular formula is C69H43NO2. The first kappa shape index (κ1) is 40.4. The molecule has 0 fully saturated rings. The van der Waals surface area contributed by atoms with Crippen LogP contribution in [0.3, 0.4) is 0 Å². The van der Waals surface area contributed by atoms with Crippen LogP contribution in [0, 0.1) is 0 Å². The number of furan rings is 2. The summed E-state index contributed by atoms with van der Waals surface area (Å²) in [6.07, 6.45) is 0. The number of nitrogens with zero attached hydrogens (tertiary/aromatic N) is 1. The summed E-state index contributed by atoms with van der Waals surface area (Å²) in [5.41, 5.74) is 18.2. The molecule has 0 radical (unpaired) electrons. The Kier molecular flexibility index (Phi) is 8.87. The van der Waals surface area contributed by atoms with Crippen LogP contribution in [0.4, 0.5) is 17.1 Å². The Balaban J connectivity index is 0.927. The Bertz CT molecular complexity index is 4390. The maximum absolute atomic E-state index is 6.84. The molecule has 3 nitrogen and oxygen atoms in total. The first-order valence-corrected chi connectivity index (χ1v) is 24.7. The molecule has 1 aliphatic rings. The van der Waals surface area contributed by atoms with Gasteiger partial charge in [0.15, 0.2) is 0 Å². The highest BCUT2D eigenvalue weighted by molar-refractivity contribution is 6.19. The monoisotopic (exact) mass is 917 g/mol. The van der Waals surface area contributed by atoms with Crippen LogP contribution in [0.1, 0.15) is 22.3 Å². The maximum Gasteiger partial charge on any atom is 0.143 e. The Morgan fingerprint density at radius 3 is 1.50 bits per heavy atom. The normalized spacial score (nSPS) is 12.8. The lowest BCUT2D eigenvalue weighted by atomic mass is 9.68. The fourth-order valence-corrected chi connectivity index (χ4v) is 12.2. The van der Waals surface area contributed by atoms with Gasteiger partial charge in [0.1, 0.15) is 22.3 Å². The molecule has 15 rings (SSSR count). The van der Waals surface area contributed by atoms with Crippen LogP contribution in [0.5, 0.6) is 0 Å². The van der Waals surface area contributed by atoms with Gasteiger partial charge >= 0.3 is 0 Å². The van der Waals surface area contributed by atoms with E-state index in [0.29, 0.717) is 0 Å². The molecule has 0 aliphatic heterocycles. The molecule has 3 heteroatoms. The lowest BCUT2D eigenvalue weighted by Crippen LogP contribution is -2.28. The first-order valence-electron chi connectivity index (χ1n) is 24.7. The molecule has 14 aromatic rings. The second kappa shape index (κ2) is 15.8. The van der Waals surface area contributed by atoms with Gasteiger partial charge in [-0.15, -0.1) is 0 Å². The molecule has 0 amide bonds. The van der Waals surface area contributed by atoms with Crippen molar-refractivity contribution in [3.8, 4) is 33.4 Å². The molecular weight excluding hydrogens is 875 g/mol. The molecule has 2 aromatic heterocycles. The minimum atomic E-state index is -0.544. The number of anilines is 3. The number of rotatable bonds is 7. The van der Waals surface area contributed by atoms with Crippen molar-refractivity contribution in [2.24, 2.45) is 0 Å². The lowest BCUT2D eigenvalue weighted by Gasteiger charge is -2.34. The van der Waals surface area contributed by atoms with E-state index in [9.17, 15) is 0 Å². The highest BCUT2D eigenvalue weighted by Gasteiger charge is 2.47. The van der Waals surface area contributed by atoms with Crippen LogP contribution in [0.15, 0.2) is 270 Å². The SMILES string of the molecule is c1ccc(C2(c3ccccc3)c3ccccc3-c3c(N(c4ccc(-c5cccc6c5oc5c7ccccc7ccc65)cc4)c4ccc(-c5cccc6oc7c8ccccc8ccc7c56)cc4)cccc32)cc1. The minimum Gasteiger partial charge on any atom is -0.455 e. The molecule has 0 bridgehead atoms. The molecule has 0 saturated carbocycles. The Labute approximate surface area is 416 Å². The van der Waals surface area contributed by atoms with Crippen molar-refractivity contribution in [1.82, 2.24) is 0 Å². The second-order valence-corrected chi connectivity index (χ2v) is 19.0. The van der Waals surface area contributed by atoms with E-state index in [4.69, 9.17) is 8.83 Å². The van der Waals surface area contributed by atoms with Crippen LogP contribution in [-0.4, -0.2) is 0 Å². The van der Waals surface area contributed by atoms with Gasteiger partial charge in [-0.05, 0) is 104 Å². The third-order valence-electron chi connectivity index (χ3n) is 15.4. The maximum atomic E-state index is 6.84. The van der Waals surface area contributed by atoms with Crippen LogP contribution in [0.25, 0.3) is 98.8 Å². The van der Waals surface area contributed by atoms with Crippen molar-refractivity contribution in [2.45, 2.75) is 5.41 Å². The summed E-state index contributed by atoms with van der Waals surface area (Å²) in [6.45, 7) is 0. The molecule has 2 heterocycles. The topological polar surface area (TPSA) is 29.5 Å². The van der Waals surface area contributed by atoms with Gasteiger partial charge in [0, 0.05) is 54.8 Å². The van der Waals surface area contributed by atoms with E-state index in [0.717, 1.165) is 94.0 Å². The third kappa shape index (κ3) is 5.85. The molecule has 0 N–H and O–H groups in total. The summed E-state index contributed by atoms with van der Waals surface area (Å²) < 4.78 is 13.5. The Morgan fingerprint density at radius 1 is 0.306 bits per heavy atom. The van der Waals surface area contributed by atoms with Gasteiger partial charge in [-0.25, -0.2) is 0 Å². The summed E-state index contributed by atoms with van der Waals surface area (Å²) in [5, 5.41) is 9.08. The van der Waals surface area contributed by atoms with Crippen LogP contribution in [-0.2, 0) is 5.41 Å². The average Bonchev–Trinajstić information content (AvgIpc) is 4.14. The van der Waals surface area contributed by atoms with Crippen LogP contribution < -0.4 is 4.90 Å². The molecule has 72 heavy (non-hydrogen) atoms. The van der Waals surface area contributed by atoms with Gasteiger partial charge in [0.05, 0.1) is 11.1 Å². The molecule has 0 saturated heterocycles. The smallest absolute Gasteiger partial charge is 0.143 e. The summed E-state index contributed by atoms with van der Waals surface area (Å²) in [6, 6.07) is 94.8. The average molecular weight is 918 g/mol. The second-order valence-electron chi connectivity index (χ2n) is 19.0. The molecule has 0 spiro atoms. The molecule has 0 unspecified atom stereocenters. The first-order chi connectivity index (χ1) is 35.7. The van der Waals surface area contributed by atoms with Gasteiger partial charge in [-0.2, -0.15) is 0 Å². The van der Waals surface area contributed by atoms with E-state index in [1.807, 2.05) is 0 Å². The Hall–Kier alpha value is -9.44. The third-order valence-corrected chi connectivity index (χ3v) is 15.4. The summed E-state index contributed by atoms with van der Waals surface area (Å²) in [4.78, 5) is 2.45. The predicted molar refractivity (Wildman–Crippen MR) is 299 cm³/mol. The Morgan fingerprint density at radius 2 is 0.806 bits per heavy atom. The van der Waals surface area contributed by atoms with Gasteiger partial charge in [0.2, 0.25) is 0 Å². The van der Waals surface area contributed by atoms with E-state index in [1.165, 1.54) is 44.2 Å². The predicted octanol–water partition coefficient (Wildman–Crippen LogP) is 19.0. The minimum absolute atomic E-state index is 0.544. The van der Waals surface area contributed by atoms with E-state index in [1.54, 1.807) is 0 Å². The fraction of sp³-hybridized carbons (Fsp3) is 0.0145. The van der Waals surface area contributed by atoms with Crippen LogP contribution >= 0.6 is 0 Å². The van der Waals surface area contributed by atoms with E-state index in [-0.39, 0.29) is 0 Å². The zero-order valence-corrected chi connectivity index (χ0v) is 39.1.